The van der Waals surface area contributed by atoms with Crippen molar-refractivity contribution in [1.82, 2.24) is 0 Å². The Balaban J connectivity index is 2.46. The predicted octanol–water partition coefficient (Wildman–Crippen LogP) is 2.33. The number of carbonyl (C=O) groups is 3. The lowest BCUT2D eigenvalue weighted by atomic mass is 10.1. The van der Waals surface area contributed by atoms with Gasteiger partial charge in [-0.3, -0.25) is 14.4 Å². The van der Waals surface area contributed by atoms with E-state index in [-0.39, 0.29) is 23.3 Å². The minimum absolute atomic E-state index is 0.0201. The monoisotopic (exact) mass is 280 g/mol. The zero-order valence-corrected chi connectivity index (χ0v) is 11.7. The van der Waals surface area contributed by atoms with E-state index >= 15 is 0 Å². The second-order valence-corrected chi connectivity index (χ2v) is 4.83. The summed E-state index contributed by atoms with van der Waals surface area (Å²) in [6.07, 6.45) is 0. The lowest BCUT2D eigenvalue weighted by Crippen LogP contribution is -2.25. The van der Waals surface area contributed by atoms with Gasteiger partial charge in [-0.15, -0.1) is 0 Å². The highest BCUT2D eigenvalue weighted by atomic mass is 32.2. The Morgan fingerprint density at radius 1 is 1.21 bits per heavy atom. The van der Waals surface area contributed by atoms with Crippen LogP contribution in [-0.2, 0) is 14.3 Å². The first kappa shape index (κ1) is 15.4. The molecule has 0 saturated carbocycles. The first-order valence-electron chi connectivity index (χ1n) is 5.97. The van der Waals surface area contributed by atoms with Gasteiger partial charge >= 0.3 is 5.97 Å². The quantitative estimate of drug-likeness (QED) is 0.591. The molecule has 0 aliphatic heterocycles. The molecule has 0 aromatic heterocycles. The van der Waals surface area contributed by atoms with Gasteiger partial charge in [0.2, 0.25) is 5.12 Å². The summed E-state index contributed by atoms with van der Waals surface area (Å²) in [5.41, 5.74) is 0.545. The zero-order valence-electron chi connectivity index (χ0n) is 10.9. The summed E-state index contributed by atoms with van der Waals surface area (Å²) in [6.45, 7) is 3.42. The van der Waals surface area contributed by atoms with Crippen molar-refractivity contribution in [2.45, 2.75) is 13.8 Å². The molecule has 5 heteroatoms. The molecule has 0 bridgehead atoms. The number of hydrogen-bond acceptors (Lipinski definition) is 5. The number of ketones is 1. The number of thioether (sulfide) groups is 1. The Labute approximate surface area is 116 Å². The van der Waals surface area contributed by atoms with Crippen LogP contribution in [-0.4, -0.2) is 29.2 Å². The molecule has 0 saturated heterocycles. The predicted molar refractivity (Wildman–Crippen MR) is 74.0 cm³/mol. The minimum atomic E-state index is -0.823. The Morgan fingerprint density at radius 3 is 2.42 bits per heavy atom. The molecule has 1 atom stereocenters. The maximum absolute atomic E-state index is 11.8. The van der Waals surface area contributed by atoms with E-state index in [2.05, 4.69) is 0 Å². The molecule has 1 unspecified atom stereocenters. The fraction of sp³-hybridized carbons (Fsp3) is 0.357. The van der Waals surface area contributed by atoms with Crippen molar-refractivity contribution in [3.8, 4) is 0 Å². The van der Waals surface area contributed by atoms with Crippen LogP contribution in [0.1, 0.15) is 24.2 Å². The molecule has 0 radical (unpaired) electrons. The van der Waals surface area contributed by atoms with E-state index in [1.165, 1.54) is 6.92 Å². The molecule has 19 heavy (non-hydrogen) atoms. The third-order valence-corrected chi connectivity index (χ3v) is 3.40. The molecule has 0 amide bonds. The van der Waals surface area contributed by atoms with Crippen LogP contribution in [0.2, 0.25) is 0 Å². The highest BCUT2D eigenvalue weighted by Crippen LogP contribution is 2.14. The maximum Gasteiger partial charge on any atom is 0.316 e. The number of carbonyl (C=O) groups excluding carboxylic acids is 3. The average Bonchev–Trinajstić information content (AvgIpc) is 2.44. The summed E-state index contributed by atoms with van der Waals surface area (Å²) in [4.78, 5) is 34.8. The fourth-order valence-electron chi connectivity index (χ4n) is 1.32. The topological polar surface area (TPSA) is 60.4 Å². The Kier molecular flexibility index (Phi) is 6.29. The van der Waals surface area contributed by atoms with Gasteiger partial charge in [-0.2, -0.15) is 0 Å². The van der Waals surface area contributed by atoms with Crippen molar-refractivity contribution < 1.29 is 19.1 Å². The van der Waals surface area contributed by atoms with Crippen molar-refractivity contribution in [1.29, 1.82) is 0 Å². The molecule has 1 aromatic carbocycles. The SMILES string of the molecule is CCOC(=O)C(C)C(=O)CSC(=O)c1ccccc1. The van der Waals surface area contributed by atoms with Gasteiger partial charge < -0.3 is 4.74 Å². The van der Waals surface area contributed by atoms with Crippen molar-refractivity contribution in [3.63, 3.8) is 0 Å². The zero-order chi connectivity index (χ0) is 14.3. The van der Waals surface area contributed by atoms with E-state index in [9.17, 15) is 14.4 Å². The number of esters is 1. The van der Waals surface area contributed by atoms with E-state index in [4.69, 9.17) is 4.74 Å². The van der Waals surface area contributed by atoms with E-state index < -0.39 is 11.9 Å². The Bertz CT molecular complexity index is 456. The third-order valence-electron chi connectivity index (χ3n) is 2.48. The van der Waals surface area contributed by atoms with E-state index in [0.717, 1.165) is 11.8 Å². The van der Waals surface area contributed by atoms with Crippen molar-refractivity contribution in [2.24, 2.45) is 5.92 Å². The highest BCUT2D eigenvalue weighted by molar-refractivity contribution is 8.14. The van der Waals surface area contributed by atoms with Crippen LogP contribution in [0.25, 0.3) is 0 Å². The number of benzene rings is 1. The largest absolute Gasteiger partial charge is 0.465 e. The molecule has 102 valence electrons. The van der Waals surface area contributed by atoms with Crippen LogP contribution in [0.4, 0.5) is 0 Å². The Hall–Kier alpha value is -1.62. The summed E-state index contributed by atoms with van der Waals surface area (Å²) in [5.74, 6) is -1.68. The number of ether oxygens (including phenoxy) is 1. The average molecular weight is 280 g/mol. The van der Waals surface area contributed by atoms with Crippen LogP contribution in [0, 0.1) is 5.92 Å². The molecule has 0 aliphatic carbocycles. The summed E-state index contributed by atoms with van der Waals surface area (Å²) >= 11 is 0.905. The molecule has 1 aromatic rings. The van der Waals surface area contributed by atoms with Gasteiger partial charge in [0, 0.05) is 5.56 Å². The van der Waals surface area contributed by atoms with Gasteiger partial charge in [-0.1, -0.05) is 42.1 Å². The van der Waals surface area contributed by atoms with Crippen LogP contribution >= 0.6 is 11.8 Å². The molecular weight excluding hydrogens is 264 g/mol. The van der Waals surface area contributed by atoms with E-state index in [0.29, 0.717) is 5.56 Å². The van der Waals surface area contributed by atoms with Gasteiger partial charge in [0.15, 0.2) is 5.78 Å². The van der Waals surface area contributed by atoms with Crippen LogP contribution < -0.4 is 0 Å². The van der Waals surface area contributed by atoms with Gasteiger partial charge in [0.1, 0.15) is 5.92 Å². The molecule has 1 rings (SSSR count). The summed E-state index contributed by atoms with van der Waals surface area (Å²) in [5, 5.41) is -0.176. The molecule has 0 spiro atoms. The highest BCUT2D eigenvalue weighted by Gasteiger charge is 2.23. The van der Waals surface area contributed by atoms with Crippen molar-refractivity contribution in [3.05, 3.63) is 35.9 Å². The van der Waals surface area contributed by atoms with Gasteiger partial charge in [0.05, 0.1) is 12.4 Å². The van der Waals surface area contributed by atoms with Crippen LogP contribution in [0.15, 0.2) is 30.3 Å². The molecule has 0 heterocycles. The maximum atomic E-state index is 11.8. The smallest absolute Gasteiger partial charge is 0.316 e. The van der Waals surface area contributed by atoms with Gasteiger partial charge in [-0.25, -0.2) is 0 Å². The fourth-order valence-corrected chi connectivity index (χ4v) is 2.14. The number of hydrogen-bond donors (Lipinski definition) is 0. The second kappa shape index (κ2) is 7.74. The number of rotatable bonds is 6. The van der Waals surface area contributed by atoms with Gasteiger partial charge in [0.25, 0.3) is 0 Å². The van der Waals surface area contributed by atoms with Crippen LogP contribution in [0.3, 0.4) is 0 Å². The molecule has 4 nitrogen and oxygen atoms in total. The third kappa shape index (κ3) is 4.87. The summed E-state index contributed by atoms with van der Waals surface area (Å²) in [7, 11) is 0. The van der Waals surface area contributed by atoms with Crippen molar-refractivity contribution in [2.75, 3.05) is 12.4 Å². The molecular formula is C14H16O4S. The molecule has 0 aliphatic rings. The standard InChI is InChI=1S/C14H16O4S/c1-3-18-13(16)10(2)12(15)9-19-14(17)11-7-5-4-6-8-11/h4-8,10H,3,9H2,1-2H3. The Morgan fingerprint density at radius 2 is 1.84 bits per heavy atom. The van der Waals surface area contributed by atoms with Crippen LogP contribution in [0.5, 0.6) is 0 Å². The molecule has 0 fully saturated rings. The summed E-state index contributed by atoms with van der Waals surface area (Å²) in [6, 6.07) is 8.71. The normalized spacial score (nSPS) is 11.7. The van der Waals surface area contributed by atoms with E-state index in [1.807, 2.05) is 6.07 Å². The number of Topliss-reactive ketones (excluding diaryl/α,β-unsaturated/α-hetero) is 1. The van der Waals surface area contributed by atoms with Crippen molar-refractivity contribution >= 4 is 28.6 Å². The molecule has 0 N–H and O–H groups in total. The van der Waals surface area contributed by atoms with E-state index in [1.54, 1.807) is 31.2 Å². The summed E-state index contributed by atoms with van der Waals surface area (Å²) < 4.78 is 4.76. The second-order valence-electron chi connectivity index (χ2n) is 3.88. The first-order chi connectivity index (χ1) is 9.06. The lowest BCUT2D eigenvalue weighted by molar-refractivity contribution is -0.150. The minimum Gasteiger partial charge on any atom is -0.465 e. The van der Waals surface area contributed by atoms with Gasteiger partial charge in [-0.05, 0) is 13.8 Å². The first-order valence-corrected chi connectivity index (χ1v) is 6.96. The lowest BCUT2D eigenvalue weighted by Gasteiger charge is -2.08.